The van der Waals surface area contributed by atoms with Crippen molar-refractivity contribution in [2.45, 2.75) is 37.8 Å². The van der Waals surface area contributed by atoms with Crippen LogP contribution in [0.1, 0.15) is 23.7 Å². The monoisotopic (exact) mass is 513 g/mol. The molecule has 3 aromatic heterocycles. The Balaban J connectivity index is 1.90. The van der Waals surface area contributed by atoms with Crippen LogP contribution in [0.4, 0.5) is 27.8 Å². The standard InChI is InChI=1S/C22H20F5N5O4/c1-2-16(22(25,26)27)29-21(36)12-7-32(20-13(24)5-10(23)6-28-20)19-11(18(12)35)3-4-17(30-19)31-8-14(33)15(34)9-31/h3-7,14-16,33-34H,2,8-9H2,1H3,(H,29,36)/t14-,15?,16?/m1/s1. The van der Waals surface area contributed by atoms with Gasteiger partial charge in [0, 0.05) is 25.4 Å². The van der Waals surface area contributed by atoms with Crippen LogP contribution in [0.5, 0.6) is 0 Å². The summed E-state index contributed by atoms with van der Waals surface area (Å²) >= 11 is 0. The van der Waals surface area contributed by atoms with Crippen molar-refractivity contribution in [1.29, 1.82) is 0 Å². The molecule has 9 nitrogen and oxygen atoms in total. The molecule has 2 unspecified atom stereocenters. The number of carbonyl (C=O) groups is 1. The molecule has 0 saturated carbocycles. The maximum absolute atomic E-state index is 14.7. The van der Waals surface area contributed by atoms with E-state index >= 15 is 0 Å². The van der Waals surface area contributed by atoms with E-state index in [0.717, 1.165) is 10.8 Å². The zero-order chi connectivity index (χ0) is 26.4. The zero-order valence-corrected chi connectivity index (χ0v) is 18.6. The predicted octanol–water partition coefficient (Wildman–Crippen LogP) is 1.67. The number of hydrogen-bond acceptors (Lipinski definition) is 7. The molecule has 0 aromatic carbocycles. The van der Waals surface area contributed by atoms with E-state index in [0.29, 0.717) is 12.3 Å². The van der Waals surface area contributed by atoms with E-state index in [4.69, 9.17) is 0 Å². The average molecular weight is 513 g/mol. The minimum absolute atomic E-state index is 0.00338. The number of amides is 1. The number of halogens is 5. The van der Waals surface area contributed by atoms with Crippen LogP contribution in [0.3, 0.4) is 0 Å². The number of nitrogens with zero attached hydrogens (tertiary/aromatic N) is 4. The van der Waals surface area contributed by atoms with Crippen molar-refractivity contribution in [3.8, 4) is 5.82 Å². The third-order valence-corrected chi connectivity index (χ3v) is 5.79. The first-order chi connectivity index (χ1) is 16.9. The van der Waals surface area contributed by atoms with Gasteiger partial charge in [0.25, 0.3) is 5.91 Å². The molecular weight excluding hydrogens is 493 g/mol. The minimum atomic E-state index is -4.77. The van der Waals surface area contributed by atoms with E-state index in [9.17, 15) is 41.8 Å². The number of nitrogens with one attached hydrogen (secondary N) is 1. The second-order valence-electron chi connectivity index (χ2n) is 8.26. The lowest BCUT2D eigenvalue weighted by Gasteiger charge is -2.21. The number of aromatic nitrogens is 3. The summed E-state index contributed by atoms with van der Waals surface area (Å²) in [5, 5.41) is 21.2. The Morgan fingerprint density at radius 1 is 1.22 bits per heavy atom. The van der Waals surface area contributed by atoms with E-state index < -0.39 is 65.2 Å². The maximum atomic E-state index is 14.7. The molecular formula is C22H20F5N5O4. The summed E-state index contributed by atoms with van der Waals surface area (Å²) in [6, 6.07) is 0.842. The van der Waals surface area contributed by atoms with Crippen molar-refractivity contribution in [3.63, 3.8) is 0 Å². The Morgan fingerprint density at radius 2 is 1.89 bits per heavy atom. The van der Waals surface area contributed by atoms with Crippen molar-refractivity contribution in [1.82, 2.24) is 19.9 Å². The Kier molecular flexibility index (Phi) is 6.66. The van der Waals surface area contributed by atoms with E-state index in [1.807, 2.05) is 0 Å². The number of anilines is 1. The zero-order valence-electron chi connectivity index (χ0n) is 18.6. The van der Waals surface area contributed by atoms with Gasteiger partial charge in [0.1, 0.15) is 23.2 Å². The summed E-state index contributed by atoms with van der Waals surface area (Å²) in [6.45, 7) is 1.21. The van der Waals surface area contributed by atoms with Crippen molar-refractivity contribution in [2.75, 3.05) is 18.0 Å². The average Bonchev–Trinajstić information content (AvgIpc) is 3.15. The molecule has 36 heavy (non-hydrogen) atoms. The molecule has 4 rings (SSSR count). The maximum Gasteiger partial charge on any atom is 0.408 e. The lowest BCUT2D eigenvalue weighted by atomic mass is 10.1. The number of pyridine rings is 3. The SMILES string of the molecule is CCC(NC(=O)c1cn(-c2ncc(F)cc2F)c2nc(N3CC(O)[C@H](O)C3)ccc2c1=O)C(F)(F)F. The van der Waals surface area contributed by atoms with E-state index in [2.05, 4.69) is 9.97 Å². The third kappa shape index (κ3) is 4.73. The number of hydrogen-bond donors (Lipinski definition) is 3. The highest BCUT2D eigenvalue weighted by Gasteiger charge is 2.40. The first-order valence-corrected chi connectivity index (χ1v) is 10.8. The second kappa shape index (κ2) is 9.43. The summed E-state index contributed by atoms with van der Waals surface area (Å²) in [4.78, 5) is 35.3. The lowest BCUT2D eigenvalue weighted by Crippen LogP contribution is -2.46. The van der Waals surface area contributed by atoms with Gasteiger partial charge in [-0.05, 0) is 18.6 Å². The van der Waals surface area contributed by atoms with E-state index in [-0.39, 0.29) is 29.9 Å². The highest BCUT2D eigenvalue weighted by atomic mass is 19.4. The van der Waals surface area contributed by atoms with Crippen molar-refractivity contribution < 1.29 is 37.0 Å². The topological polar surface area (TPSA) is 121 Å². The number of aliphatic hydroxyl groups excluding tert-OH is 2. The van der Waals surface area contributed by atoms with Gasteiger partial charge in [-0.3, -0.25) is 14.2 Å². The van der Waals surface area contributed by atoms with Gasteiger partial charge in [-0.2, -0.15) is 13.2 Å². The summed E-state index contributed by atoms with van der Waals surface area (Å²) in [6.07, 6.45) is -5.93. The summed E-state index contributed by atoms with van der Waals surface area (Å²) in [7, 11) is 0. The number of carbonyl (C=O) groups excluding carboxylic acids is 1. The van der Waals surface area contributed by atoms with Gasteiger partial charge in [-0.15, -0.1) is 0 Å². The van der Waals surface area contributed by atoms with Gasteiger partial charge in [0.2, 0.25) is 5.43 Å². The third-order valence-electron chi connectivity index (χ3n) is 5.79. The Bertz CT molecular complexity index is 1370. The summed E-state index contributed by atoms with van der Waals surface area (Å²) in [5.41, 5.74) is -1.94. The van der Waals surface area contributed by atoms with Crippen LogP contribution in [-0.2, 0) is 0 Å². The fourth-order valence-electron chi connectivity index (χ4n) is 3.89. The number of alkyl halides is 3. The molecule has 3 N–H and O–H groups in total. The van der Waals surface area contributed by atoms with Crippen LogP contribution >= 0.6 is 0 Å². The molecule has 0 spiro atoms. The molecule has 1 aliphatic heterocycles. The highest BCUT2D eigenvalue weighted by molar-refractivity contribution is 5.97. The first-order valence-electron chi connectivity index (χ1n) is 10.8. The van der Waals surface area contributed by atoms with Crippen molar-refractivity contribution in [3.05, 3.63) is 58.0 Å². The molecule has 14 heteroatoms. The van der Waals surface area contributed by atoms with Gasteiger partial charge < -0.3 is 20.4 Å². The first kappa shape index (κ1) is 25.4. The number of fused-ring (bicyclic) bond motifs is 1. The Hall–Kier alpha value is -3.65. The molecule has 3 atom stereocenters. The van der Waals surface area contributed by atoms with Crippen LogP contribution in [-0.4, -0.2) is 68.2 Å². The van der Waals surface area contributed by atoms with Gasteiger partial charge >= 0.3 is 6.18 Å². The number of rotatable bonds is 5. The quantitative estimate of drug-likeness (QED) is 0.444. The molecule has 3 aromatic rings. The van der Waals surface area contributed by atoms with Crippen LogP contribution < -0.4 is 15.6 Å². The molecule has 1 fully saturated rings. The molecule has 1 aliphatic rings. The smallest absolute Gasteiger partial charge is 0.389 e. The molecule has 192 valence electrons. The van der Waals surface area contributed by atoms with E-state index in [1.165, 1.54) is 24.0 Å². The number of β-amino-alcohol motifs (C(OH)–C–C–N with tert-alkyl or cyclic N) is 2. The fourth-order valence-corrected chi connectivity index (χ4v) is 3.89. The molecule has 1 amide bonds. The highest BCUT2D eigenvalue weighted by Crippen LogP contribution is 2.25. The largest absolute Gasteiger partial charge is 0.408 e. The molecule has 0 radical (unpaired) electrons. The van der Waals surface area contributed by atoms with Crippen LogP contribution in [0.15, 0.2) is 35.4 Å². The van der Waals surface area contributed by atoms with Crippen LogP contribution in [0.25, 0.3) is 16.9 Å². The Morgan fingerprint density at radius 3 is 2.47 bits per heavy atom. The predicted molar refractivity (Wildman–Crippen MR) is 117 cm³/mol. The molecule has 4 heterocycles. The molecule has 0 bridgehead atoms. The number of aliphatic hydroxyl groups is 2. The lowest BCUT2D eigenvalue weighted by molar-refractivity contribution is -0.153. The van der Waals surface area contributed by atoms with Crippen molar-refractivity contribution in [2.24, 2.45) is 0 Å². The van der Waals surface area contributed by atoms with Crippen LogP contribution in [0.2, 0.25) is 0 Å². The van der Waals surface area contributed by atoms with Crippen LogP contribution in [0, 0.1) is 11.6 Å². The normalized spacial score (nSPS) is 19.1. The van der Waals surface area contributed by atoms with Gasteiger partial charge in [0.05, 0.1) is 23.8 Å². The fraction of sp³-hybridized carbons (Fsp3) is 0.364. The van der Waals surface area contributed by atoms with Gasteiger partial charge in [-0.1, -0.05) is 6.92 Å². The second-order valence-corrected chi connectivity index (χ2v) is 8.26. The minimum Gasteiger partial charge on any atom is -0.389 e. The van der Waals surface area contributed by atoms with Crippen molar-refractivity contribution >= 4 is 22.8 Å². The Labute approximate surface area is 199 Å². The summed E-state index contributed by atoms with van der Waals surface area (Å²) in [5.74, 6) is -3.94. The van der Waals surface area contributed by atoms with E-state index in [1.54, 1.807) is 5.32 Å². The van der Waals surface area contributed by atoms with Gasteiger partial charge in [0.15, 0.2) is 17.3 Å². The summed E-state index contributed by atoms with van der Waals surface area (Å²) < 4.78 is 68.6. The van der Waals surface area contributed by atoms with Gasteiger partial charge in [-0.25, -0.2) is 18.7 Å². The molecule has 0 aliphatic carbocycles. The molecule has 1 saturated heterocycles.